The number of fused-ring (bicyclic) bond motifs is 1. The van der Waals surface area contributed by atoms with E-state index in [1.54, 1.807) is 12.1 Å². The molecule has 0 aliphatic rings. The maximum absolute atomic E-state index is 11.3. The van der Waals surface area contributed by atoms with Crippen LogP contribution in [0.4, 0.5) is 0 Å². The molecule has 2 rings (SSSR count). The molecule has 0 saturated carbocycles. The molecule has 0 aliphatic carbocycles. The van der Waals surface area contributed by atoms with Crippen LogP contribution in [0, 0.1) is 0 Å². The molecule has 1 heterocycles. The molecule has 0 fully saturated rings. The van der Waals surface area contributed by atoms with Crippen LogP contribution in [0.5, 0.6) is 5.75 Å². The summed E-state index contributed by atoms with van der Waals surface area (Å²) >= 11 is 0. The van der Waals surface area contributed by atoms with Gasteiger partial charge in [-0.2, -0.15) is 0 Å². The standard InChI is InChI=1S/C24H30O5/c1-17(2)22(29-26)12-8-18(3)6-5-7-19(4)14-15-27-21-11-9-20-10-13-24(25)28-23(20)16-21/h6,9-11,13-14,16,22,26H,1,5,7-8,12,15H2,2-4H3/b18-6+,19-14+/t22-/m0/s1. The fraction of sp³-hybridized carbons (Fsp3) is 0.375. The SMILES string of the molecule is C=C(C)[C@H](CC/C(C)=C/CC/C(C)=C/COc1ccc2ccc(=O)oc2c1)OO. The zero-order valence-corrected chi connectivity index (χ0v) is 17.4. The smallest absolute Gasteiger partial charge is 0.336 e. The highest BCUT2D eigenvalue weighted by atomic mass is 17.1. The summed E-state index contributed by atoms with van der Waals surface area (Å²) in [4.78, 5) is 15.8. The normalized spacial score (nSPS) is 13.5. The van der Waals surface area contributed by atoms with E-state index in [4.69, 9.17) is 14.4 Å². The Morgan fingerprint density at radius 2 is 1.86 bits per heavy atom. The molecule has 0 unspecified atom stereocenters. The first-order valence-corrected chi connectivity index (χ1v) is 9.82. The lowest BCUT2D eigenvalue weighted by Crippen LogP contribution is -2.11. The Balaban J connectivity index is 1.77. The fourth-order valence-corrected chi connectivity index (χ4v) is 2.91. The lowest BCUT2D eigenvalue weighted by atomic mass is 10.0. The predicted octanol–water partition coefficient (Wildman–Crippen LogP) is 6.06. The van der Waals surface area contributed by atoms with Crippen LogP contribution in [-0.2, 0) is 4.89 Å². The quantitative estimate of drug-likeness (QED) is 0.216. The summed E-state index contributed by atoms with van der Waals surface area (Å²) in [6.07, 6.45) is 7.47. The highest BCUT2D eigenvalue weighted by Gasteiger charge is 2.09. The van der Waals surface area contributed by atoms with Crippen molar-refractivity contribution in [1.29, 1.82) is 0 Å². The third-order valence-corrected chi connectivity index (χ3v) is 4.79. The third kappa shape index (κ3) is 7.72. The Labute approximate surface area is 171 Å². The van der Waals surface area contributed by atoms with Gasteiger partial charge in [0.2, 0.25) is 0 Å². The maximum Gasteiger partial charge on any atom is 0.336 e. The van der Waals surface area contributed by atoms with Crippen molar-refractivity contribution in [3.63, 3.8) is 0 Å². The van der Waals surface area contributed by atoms with E-state index in [2.05, 4.69) is 37.5 Å². The number of rotatable bonds is 11. The molecular formula is C24H30O5. The van der Waals surface area contributed by atoms with Crippen LogP contribution < -0.4 is 10.4 Å². The average molecular weight is 398 g/mol. The first-order chi connectivity index (χ1) is 13.9. The van der Waals surface area contributed by atoms with Gasteiger partial charge in [-0.15, -0.1) is 0 Å². The van der Waals surface area contributed by atoms with E-state index in [9.17, 15) is 4.79 Å². The molecule has 1 aromatic heterocycles. The van der Waals surface area contributed by atoms with Gasteiger partial charge in [0.15, 0.2) is 0 Å². The summed E-state index contributed by atoms with van der Waals surface area (Å²) in [6.45, 7) is 10.3. The van der Waals surface area contributed by atoms with Gasteiger partial charge in [-0.25, -0.2) is 9.68 Å². The van der Waals surface area contributed by atoms with Gasteiger partial charge in [0.1, 0.15) is 24.0 Å². The van der Waals surface area contributed by atoms with E-state index in [-0.39, 0.29) is 11.7 Å². The van der Waals surface area contributed by atoms with Crippen molar-refractivity contribution >= 4 is 11.0 Å². The molecule has 0 aliphatic heterocycles. The molecule has 0 bridgehead atoms. The van der Waals surface area contributed by atoms with Crippen molar-refractivity contribution in [3.05, 3.63) is 76.2 Å². The van der Waals surface area contributed by atoms with E-state index < -0.39 is 0 Å². The molecule has 1 atom stereocenters. The Hall–Kier alpha value is -2.63. The monoisotopic (exact) mass is 398 g/mol. The molecule has 0 radical (unpaired) electrons. The van der Waals surface area contributed by atoms with Gasteiger partial charge >= 0.3 is 5.63 Å². The van der Waals surface area contributed by atoms with Gasteiger partial charge in [-0.05, 0) is 76.3 Å². The van der Waals surface area contributed by atoms with Crippen LogP contribution in [-0.4, -0.2) is 18.0 Å². The summed E-state index contributed by atoms with van der Waals surface area (Å²) in [7, 11) is 0. The van der Waals surface area contributed by atoms with Crippen LogP contribution in [0.3, 0.4) is 0 Å². The Kier molecular flexibility index (Phi) is 8.90. The minimum absolute atomic E-state index is 0.305. The lowest BCUT2D eigenvalue weighted by molar-refractivity contribution is -0.269. The molecule has 0 spiro atoms. The molecular weight excluding hydrogens is 368 g/mol. The number of allylic oxidation sites excluding steroid dienone is 3. The zero-order chi connectivity index (χ0) is 21.2. The highest BCUT2D eigenvalue weighted by molar-refractivity contribution is 5.77. The first-order valence-electron chi connectivity index (χ1n) is 9.82. The summed E-state index contributed by atoms with van der Waals surface area (Å²) in [5.74, 6) is 0.671. The summed E-state index contributed by atoms with van der Waals surface area (Å²) < 4.78 is 10.9. The summed E-state index contributed by atoms with van der Waals surface area (Å²) in [5.41, 5.74) is 3.51. The second-order valence-corrected chi connectivity index (χ2v) is 7.38. The maximum atomic E-state index is 11.3. The van der Waals surface area contributed by atoms with Crippen LogP contribution in [0.1, 0.15) is 46.5 Å². The lowest BCUT2D eigenvalue weighted by Gasteiger charge is -2.13. The van der Waals surface area contributed by atoms with E-state index in [1.165, 1.54) is 17.2 Å². The molecule has 156 valence electrons. The number of hydrogen-bond acceptors (Lipinski definition) is 5. The molecule has 2 aromatic rings. The van der Waals surface area contributed by atoms with Crippen molar-refractivity contribution in [1.82, 2.24) is 0 Å². The third-order valence-electron chi connectivity index (χ3n) is 4.79. The number of benzene rings is 1. The minimum atomic E-state index is -0.368. The van der Waals surface area contributed by atoms with Crippen molar-refractivity contribution in [2.24, 2.45) is 0 Å². The van der Waals surface area contributed by atoms with Crippen molar-refractivity contribution in [2.75, 3.05) is 6.61 Å². The summed E-state index contributed by atoms with van der Waals surface area (Å²) in [5, 5.41) is 9.74. The molecule has 29 heavy (non-hydrogen) atoms. The molecule has 5 nitrogen and oxygen atoms in total. The molecule has 0 saturated heterocycles. The van der Waals surface area contributed by atoms with Crippen LogP contribution in [0.2, 0.25) is 0 Å². The average Bonchev–Trinajstić information content (AvgIpc) is 2.68. The largest absolute Gasteiger partial charge is 0.489 e. The second-order valence-electron chi connectivity index (χ2n) is 7.38. The van der Waals surface area contributed by atoms with Gasteiger partial charge in [-0.1, -0.05) is 23.8 Å². The number of ether oxygens (including phenoxy) is 1. The fourth-order valence-electron chi connectivity index (χ4n) is 2.91. The predicted molar refractivity (Wildman–Crippen MR) is 116 cm³/mol. The Bertz CT molecular complexity index is 936. The minimum Gasteiger partial charge on any atom is -0.489 e. The van der Waals surface area contributed by atoms with Crippen molar-refractivity contribution in [2.45, 2.75) is 52.6 Å². The van der Waals surface area contributed by atoms with E-state index in [0.717, 1.165) is 36.6 Å². The van der Waals surface area contributed by atoms with E-state index in [0.29, 0.717) is 17.9 Å². The zero-order valence-electron chi connectivity index (χ0n) is 17.4. The highest BCUT2D eigenvalue weighted by Crippen LogP contribution is 2.20. The Morgan fingerprint density at radius 3 is 2.59 bits per heavy atom. The topological polar surface area (TPSA) is 68.9 Å². The van der Waals surface area contributed by atoms with Gasteiger partial charge < -0.3 is 9.15 Å². The van der Waals surface area contributed by atoms with Gasteiger partial charge in [-0.3, -0.25) is 5.26 Å². The van der Waals surface area contributed by atoms with E-state index >= 15 is 0 Å². The Morgan fingerprint density at radius 1 is 1.14 bits per heavy atom. The second kappa shape index (κ2) is 11.4. The summed E-state index contributed by atoms with van der Waals surface area (Å²) in [6, 6.07) is 8.62. The van der Waals surface area contributed by atoms with E-state index in [1.807, 2.05) is 19.1 Å². The van der Waals surface area contributed by atoms with Gasteiger partial charge in [0.25, 0.3) is 0 Å². The van der Waals surface area contributed by atoms with Gasteiger partial charge in [0.05, 0.1) is 0 Å². The van der Waals surface area contributed by atoms with Crippen molar-refractivity contribution in [3.8, 4) is 5.75 Å². The first kappa shape index (κ1) is 22.7. The van der Waals surface area contributed by atoms with Gasteiger partial charge in [0, 0.05) is 17.5 Å². The molecule has 1 N–H and O–H groups in total. The van der Waals surface area contributed by atoms with Crippen molar-refractivity contribution < 1.29 is 19.3 Å². The number of hydrogen-bond donors (Lipinski definition) is 1. The molecule has 5 heteroatoms. The van der Waals surface area contributed by atoms with Crippen LogP contribution >= 0.6 is 0 Å². The molecule has 1 aromatic carbocycles. The van der Waals surface area contributed by atoms with Crippen LogP contribution in [0.25, 0.3) is 11.0 Å². The van der Waals surface area contributed by atoms with Crippen LogP contribution in [0.15, 0.2) is 75.0 Å². The molecule has 0 amide bonds.